The van der Waals surface area contributed by atoms with Gasteiger partial charge < -0.3 is 15.7 Å². The van der Waals surface area contributed by atoms with Gasteiger partial charge in [0.25, 0.3) is 0 Å². The quantitative estimate of drug-likeness (QED) is 0.787. The van der Waals surface area contributed by atoms with Crippen LogP contribution < -0.4 is 10.6 Å². The van der Waals surface area contributed by atoms with Crippen LogP contribution in [-0.4, -0.2) is 32.6 Å². The summed E-state index contributed by atoms with van der Waals surface area (Å²) in [5, 5.41) is 14.7. The molecule has 1 aromatic heterocycles. The number of hydrogen-bond donors (Lipinski definition) is 3. The maximum atomic E-state index is 12.0. The molecule has 1 fully saturated rings. The van der Waals surface area contributed by atoms with Crippen molar-refractivity contribution in [1.29, 1.82) is 0 Å². The molecule has 0 atom stereocenters. The summed E-state index contributed by atoms with van der Waals surface area (Å²) in [5.74, 6) is -0.429. The second-order valence-electron chi connectivity index (χ2n) is 5.45. The van der Waals surface area contributed by atoms with Crippen LogP contribution in [0.4, 0.5) is 10.5 Å². The molecule has 0 unspecified atom stereocenters. The van der Waals surface area contributed by atoms with Gasteiger partial charge >= 0.3 is 12.0 Å². The molecule has 0 aromatic carbocycles. The second-order valence-corrected chi connectivity index (χ2v) is 5.45. The first-order valence-corrected chi connectivity index (χ1v) is 7.13. The van der Waals surface area contributed by atoms with Gasteiger partial charge in [-0.15, -0.1) is 0 Å². The van der Waals surface area contributed by atoms with Crippen molar-refractivity contribution in [2.75, 3.05) is 5.32 Å². The van der Waals surface area contributed by atoms with Gasteiger partial charge in [0.15, 0.2) is 0 Å². The molecule has 3 N–H and O–H groups in total. The van der Waals surface area contributed by atoms with E-state index in [1.807, 2.05) is 0 Å². The van der Waals surface area contributed by atoms with Gasteiger partial charge in [-0.3, -0.25) is 0 Å². The summed E-state index contributed by atoms with van der Waals surface area (Å²) >= 11 is 0. The van der Waals surface area contributed by atoms with Gasteiger partial charge in [0.2, 0.25) is 0 Å². The van der Waals surface area contributed by atoms with Gasteiger partial charge in [-0.1, -0.05) is 13.3 Å². The van der Waals surface area contributed by atoms with Gasteiger partial charge in [-0.2, -0.15) is 0 Å². The lowest BCUT2D eigenvalue weighted by atomic mass is 9.75. The summed E-state index contributed by atoms with van der Waals surface area (Å²) < 4.78 is 0. The number of amides is 2. The van der Waals surface area contributed by atoms with E-state index in [2.05, 4.69) is 27.5 Å². The number of nitrogens with one attached hydrogen (secondary N) is 2. The first-order chi connectivity index (χ1) is 10.1. The van der Waals surface area contributed by atoms with E-state index in [4.69, 9.17) is 0 Å². The summed E-state index contributed by atoms with van der Waals surface area (Å²) in [6.07, 6.45) is 7.85. The summed E-state index contributed by atoms with van der Waals surface area (Å²) in [7, 11) is 0. The van der Waals surface area contributed by atoms with Crippen molar-refractivity contribution >= 4 is 17.7 Å². The minimum Gasteiger partial charge on any atom is -0.480 e. The minimum absolute atomic E-state index is 0.429. The van der Waals surface area contributed by atoms with Crippen molar-refractivity contribution in [1.82, 2.24) is 15.3 Å². The van der Waals surface area contributed by atoms with Crippen molar-refractivity contribution in [3.8, 4) is 0 Å². The molecule has 0 bridgehead atoms. The molecule has 0 spiro atoms. The van der Waals surface area contributed by atoms with Gasteiger partial charge in [0, 0.05) is 0 Å². The number of carboxylic acid groups (broad SMARTS) is 1. The van der Waals surface area contributed by atoms with Gasteiger partial charge in [-0.25, -0.2) is 19.6 Å². The highest BCUT2D eigenvalue weighted by Gasteiger charge is 2.42. The zero-order chi connectivity index (χ0) is 15.3. The molecule has 7 nitrogen and oxygen atoms in total. The Morgan fingerprint density at radius 3 is 2.48 bits per heavy atom. The summed E-state index contributed by atoms with van der Waals surface area (Å²) in [6, 6.07) is -0.540. The first-order valence-electron chi connectivity index (χ1n) is 7.13. The van der Waals surface area contributed by atoms with Crippen LogP contribution in [0.3, 0.4) is 0 Å². The van der Waals surface area contributed by atoms with Crippen LogP contribution in [0, 0.1) is 5.92 Å². The Labute approximate surface area is 123 Å². The fourth-order valence-electron chi connectivity index (χ4n) is 2.71. The van der Waals surface area contributed by atoms with Crippen LogP contribution in [0.2, 0.25) is 0 Å². The van der Waals surface area contributed by atoms with E-state index in [1.165, 1.54) is 18.7 Å². The van der Waals surface area contributed by atoms with Crippen LogP contribution in [0.25, 0.3) is 0 Å². The molecule has 2 rings (SSSR count). The fraction of sp³-hybridized carbons (Fsp3) is 0.571. The lowest BCUT2D eigenvalue weighted by molar-refractivity contribution is -0.146. The van der Waals surface area contributed by atoms with Gasteiger partial charge in [-0.05, 0) is 31.6 Å². The lowest BCUT2D eigenvalue weighted by Gasteiger charge is -2.37. The van der Waals surface area contributed by atoms with Crippen LogP contribution in [-0.2, 0) is 4.79 Å². The number of carbonyl (C=O) groups is 2. The number of rotatable bonds is 4. The van der Waals surface area contributed by atoms with Crippen molar-refractivity contribution in [2.24, 2.45) is 5.92 Å². The Morgan fingerprint density at radius 2 is 1.95 bits per heavy atom. The number of carbonyl (C=O) groups excluding carboxylic acids is 1. The summed E-state index contributed by atoms with van der Waals surface area (Å²) in [4.78, 5) is 31.2. The lowest BCUT2D eigenvalue weighted by Crippen LogP contribution is -2.57. The number of nitrogens with zero attached hydrogens (tertiary/aromatic N) is 2. The van der Waals surface area contributed by atoms with Crippen molar-refractivity contribution in [3.05, 3.63) is 18.7 Å². The highest BCUT2D eigenvalue weighted by molar-refractivity contribution is 5.93. The molecule has 7 heteroatoms. The van der Waals surface area contributed by atoms with E-state index < -0.39 is 17.5 Å². The highest BCUT2D eigenvalue weighted by Crippen LogP contribution is 2.34. The molecule has 0 saturated heterocycles. The first kappa shape index (κ1) is 15.2. The average Bonchev–Trinajstić information content (AvgIpc) is 2.48. The van der Waals surface area contributed by atoms with Crippen LogP contribution in [0.5, 0.6) is 0 Å². The van der Waals surface area contributed by atoms with Crippen LogP contribution in [0.15, 0.2) is 18.7 Å². The average molecular weight is 292 g/mol. The van der Waals surface area contributed by atoms with Gasteiger partial charge in [0.1, 0.15) is 11.9 Å². The normalized spacial score (nSPS) is 25.1. The van der Waals surface area contributed by atoms with Crippen LogP contribution in [0.1, 0.15) is 39.0 Å². The highest BCUT2D eigenvalue weighted by atomic mass is 16.4. The number of aromatic nitrogens is 2. The molecule has 21 heavy (non-hydrogen) atoms. The molecule has 0 aliphatic heterocycles. The maximum Gasteiger partial charge on any atom is 0.329 e. The summed E-state index contributed by atoms with van der Waals surface area (Å²) in [5.41, 5.74) is -0.747. The second kappa shape index (κ2) is 6.51. The standard InChI is InChI=1S/C14H20N4O3/c1-2-10-3-5-14(6-4-10,12(19)20)18-13(21)17-11-7-15-9-16-8-11/h7-10H,2-6H2,1H3,(H,19,20)(H2,17,18,21). The molecule has 1 aliphatic carbocycles. The fourth-order valence-corrected chi connectivity index (χ4v) is 2.71. The van der Waals surface area contributed by atoms with E-state index >= 15 is 0 Å². The monoisotopic (exact) mass is 292 g/mol. The number of aliphatic carboxylic acids is 1. The van der Waals surface area contributed by atoms with Crippen molar-refractivity contribution in [2.45, 2.75) is 44.6 Å². The Balaban J connectivity index is 2.00. The topological polar surface area (TPSA) is 104 Å². The molecular weight excluding hydrogens is 272 g/mol. The number of carboxylic acids is 1. The zero-order valence-electron chi connectivity index (χ0n) is 12.0. The summed E-state index contributed by atoms with van der Waals surface area (Å²) in [6.45, 7) is 2.11. The van der Waals surface area contributed by atoms with Crippen molar-refractivity contribution < 1.29 is 14.7 Å². The number of hydrogen-bond acceptors (Lipinski definition) is 4. The molecule has 2 amide bonds. The third-order valence-corrected chi connectivity index (χ3v) is 4.12. The van der Waals surface area contributed by atoms with E-state index in [0.29, 0.717) is 24.4 Å². The van der Waals surface area contributed by atoms with E-state index in [-0.39, 0.29) is 0 Å². The Bertz CT molecular complexity index is 498. The number of anilines is 1. The molecule has 1 aliphatic rings. The third kappa shape index (κ3) is 3.68. The molecule has 114 valence electrons. The van der Waals surface area contributed by atoms with E-state index in [0.717, 1.165) is 19.3 Å². The van der Waals surface area contributed by atoms with Gasteiger partial charge in [0.05, 0.1) is 18.1 Å². The zero-order valence-corrected chi connectivity index (χ0v) is 12.0. The van der Waals surface area contributed by atoms with E-state index in [9.17, 15) is 14.7 Å². The largest absolute Gasteiger partial charge is 0.480 e. The smallest absolute Gasteiger partial charge is 0.329 e. The molecule has 0 radical (unpaired) electrons. The molecule has 1 aromatic rings. The predicted octanol–water partition coefficient (Wildman–Crippen LogP) is 2.02. The molecule has 1 heterocycles. The Hall–Kier alpha value is -2.18. The van der Waals surface area contributed by atoms with E-state index in [1.54, 1.807) is 0 Å². The molecule has 1 saturated carbocycles. The minimum atomic E-state index is -1.18. The Kier molecular flexibility index (Phi) is 4.72. The Morgan fingerprint density at radius 1 is 1.33 bits per heavy atom. The van der Waals surface area contributed by atoms with Crippen LogP contribution >= 0.6 is 0 Å². The number of urea groups is 1. The third-order valence-electron chi connectivity index (χ3n) is 4.12. The SMILES string of the molecule is CCC1CCC(NC(=O)Nc2cncnc2)(C(=O)O)CC1. The predicted molar refractivity (Wildman–Crippen MR) is 76.8 cm³/mol. The molecular formula is C14H20N4O3. The maximum absolute atomic E-state index is 12.0. The van der Waals surface area contributed by atoms with Crippen molar-refractivity contribution in [3.63, 3.8) is 0 Å².